The van der Waals surface area contributed by atoms with Crippen molar-refractivity contribution in [2.45, 2.75) is 35.6 Å². The van der Waals surface area contributed by atoms with Gasteiger partial charge >= 0.3 is 5.97 Å². The highest BCUT2D eigenvalue weighted by Gasteiger charge is 1.81. The monoisotopic (exact) mass is 220 g/mol. The van der Waals surface area contributed by atoms with Crippen molar-refractivity contribution in [3.8, 4) is 0 Å². The minimum absolute atomic E-state index is 0. The summed E-state index contributed by atoms with van der Waals surface area (Å²) in [6.45, 7) is 5.58. The van der Waals surface area contributed by atoms with Crippen LogP contribution in [0.2, 0.25) is 0 Å². The number of ether oxygens (including phenoxy) is 1. The molecule has 0 saturated carbocycles. The Bertz CT molecular complexity index is 88.5. The number of aliphatic hydroxyl groups is 2. The van der Waals surface area contributed by atoms with Crippen molar-refractivity contribution >= 4 is 5.97 Å². The van der Waals surface area contributed by atoms with Crippen molar-refractivity contribution in [1.82, 2.24) is 0 Å². The van der Waals surface area contributed by atoms with Crippen LogP contribution in [0.3, 0.4) is 0 Å². The first-order valence-electron chi connectivity index (χ1n) is 3.37. The highest BCUT2D eigenvalue weighted by molar-refractivity contribution is 5.65. The molecule has 0 aromatic heterocycles. The highest BCUT2D eigenvalue weighted by Crippen LogP contribution is 1.69. The van der Waals surface area contributed by atoms with Gasteiger partial charge in [-0.05, 0) is 13.8 Å². The average molecular weight is 220 g/mol. The molecule has 0 radical (unpaired) electrons. The Morgan fingerprint density at radius 3 is 1.54 bits per heavy atom. The zero-order valence-electron chi connectivity index (χ0n) is 7.63. The second-order valence-electron chi connectivity index (χ2n) is 1.24. The minimum atomic E-state index is -0.211. The number of hydrogen-bond donors (Lipinski definition) is 2. The van der Waals surface area contributed by atoms with Crippen molar-refractivity contribution in [3.63, 3.8) is 0 Å². The molecule has 13 heavy (non-hydrogen) atoms. The van der Waals surface area contributed by atoms with Crippen LogP contribution in [0.4, 0.5) is 0 Å². The molecule has 0 aliphatic carbocycles. The van der Waals surface area contributed by atoms with Crippen LogP contribution in [-0.2, 0) is 9.53 Å². The van der Waals surface area contributed by atoms with Gasteiger partial charge in [0.25, 0.3) is 0 Å². The Hall–Kier alpha value is -0.610. The van der Waals surface area contributed by atoms with Gasteiger partial charge in [-0.1, -0.05) is 14.9 Å². The molecule has 0 heterocycles. The number of hydrogen-bond acceptors (Lipinski definition) is 4. The third-order valence-electron chi connectivity index (χ3n) is 0.348. The molecule has 4 nitrogen and oxygen atoms in total. The smallest absolute Gasteiger partial charge is 0.302 e. The lowest BCUT2D eigenvalue weighted by Crippen LogP contribution is -1.95. The maximum Gasteiger partial charge on any atom is 0.302 e. The van der Waals surface area contributed by atoms with Crippen LogP contribution in [0, 0.1) is 0 Å². The molecule has 0 atom stereocenters. The summed E-state index contributed by atoms with van der Waals surface area (Å²) in [5.41, 5.74) is 0. The summed E-state index contributed by atoms with van der Waals surface area (Å²) in [5.74, 6) is -0.211. The molecule has 2 N–H and O–H groups in total. The lowest BCUT2D eigenvalue weighted by atomic mass is 10.8. The maximum atomic E-state index is 9.82. The molecule has 0 rings (SSSR count). The van der Waals surface area contributed by atoms with E-state index >= 15 is 0 Å². The van der Waals surface area contributed by atoms with Crippen molar-refractivity contribution < 1.29 is 35.4 Å². The number of carbonyl (C=O) groups excluding carboxylic acids is 1. The molecule has 4 heteroatoms. The molecule has 0 saturated heterocycles. The Morgan fingerprint density at radius 2 is 1.54 bits per heavy atom. The summed E-state index contributed by atoms with van der Waals surface area (Å²) in [4.78, 5) is 9.82. The van der Waals surface area contributed by atoms with Gasteiger partial charge in [0.1, 0.15) is 0 Å². The predicted octanol–water partition coefficient (Wildman–Crippen LogP) is 4.15. The van der Waals surface area contributed by atoms with Crippen LogP contribution in [0.5, 0.6) is 0 Å². The van der Waals surface area contributed by atoms with E-state index in [9.17, 15) is 4.79 Å². The van der Waals surface area contributed by atoms with E-state index in [-0.39, 0.29) is 43.1 Å². The summed E-state index contributed by atoms with van der Waals surface area (Å²) in [7, 11) is 1.00. The molecular formula is C9H48O4. The molecule has 0 aliphatic rings. The maximum absolute atomic E-state index is 9.82. The second kappa shape index (κ2) is 42.3. The second-order valence-corrected chi connectivity index (χ2v) is 1.24. The molecular weight excluding hydrogens is 172 g/mol. The van der Waals surface area contributed by atoms with E-state index in [2.05, 4.69) is 4.74 Å². The highest BCUT2D eigenvalue weighted by atomic mass is 16.5. The van der Waals surface area contributed by atoms with Crippen LogP contribution < -0.4 is 0 Å². The van der Waals surface area contributed by atoms with Crippen molar-refractivity contribution in [2.75, 3.05) is 20.3 Å². The van der Waals surface area contributed by atoms with Gasteiger partial charge in [-0.25, -0.2) is 0 Å². The quantitative estimate of drug-likeness (QED) is 0.651. The Kier molecular flexibility index (Phi) is 95.8. The fourth-order valence-corrected chi connectivity index (χ4v) is 0.203. The number of rotatable bonds is 1. The van der Waals surface area contributed by atoms with E-state index in [1.54, 1.807) is 13.8 Å². The molecule has 0 aliphatic heterocycles. The lowest BCUT2D eigenvalue weighted by molar-refractivity contribution is -0.140. The largest absolute Gasteiger partial charge is 0.466 e. The summed E-state index contributed by atoms with van der Waals surface area (Å²) < 4.78 is 4.40. The standard InChI is InChI=1S/C4H8O2.C2H6O.CH4O.2CH4.11H2/c1-3-6-4(2)5;1-2-3;1-2;;;;;;;;;;;;;/h3H2,1-2H3;3H,2H2,1H3;2H,1H3;2*1H4;11*1H. The van der Waals surface area contributed by atoms with Crippen molar-refractivity contribution in [1.29, 1.82) is 0 Å². The molecule has 0 fully saturated rings. The van der Waals surface area contributed by atoms with Gasteiger partial charge in [-0.2, -0.15) is 0 Å². The lowest BCUT2D eigenvalue weighted by Gasteiger charge is -1.89. The van der Waals surface area contributed by atoms with E-state index in [0.717, 1.165) is 7.11 Å². The number of esters is 1. The predicted molar refractivity (Wildman–Crippen MR) is 79.9 cm³/mol. The third-order valence-corrected chi connectivity index (χ3v) is 0.348. The van der Waals surface area contributed by atoms with E-state index in [1.807, 2.05) is 0 Å². The number of carbonyl (C=O) groups is 1. The molecule has 0 spiro atoms. The Balaban J connectivity index is -0.00000000239. The van der Waals surface area contributed by atoms with Gasteiger partial charge in [-0.3, -0.25) is 4.79 Å². The van der Waals surface area contributed by atoms with E-state index < -0.39 is 0 Å². The summed E-state index contributed by atoms with van der Waals surface area (Å²) >= 11 is 0. The number of aliphatic hydroxyl groups excluding tert-OH is 2. The first-order chi connectivity index (χ1) is 5.18. The van der Waals surface area contributed by atoms with Gasteiger partial charge in [0.2, 0.25) is 0 Å². The van der Waals surface area contributed by atoms with Crippen molar-refractivity contribution in [2.24, 2.45) is 0 Å². The molecule has 108 valence electrons. The molecule has 0 aromatic rings. The van der Waals surface area contributed by atoms with Gasteiger partial charge in [0.05, 0.1) is 6.61 Å². The van der Waals surface area contributed by atoms with Gasteiger partial charge in [-0.15, -0.1) is 0 Å². The van der Waals surface area contributed by atoms with Crippen molar-refractivity contribution in [3.05, 3.63) is 0 Å². The molecule has 0 bridgehead atoms. The first-order valence-corrected chi connectivity index (χ1v) is 3.37. The Labute approximate surface area is 98.9 Å². The minimum Gasteiger partial charge on any atom is -0.466 e. The summed E-state index contributed by atoms with van der Waals surface area (Å²) in [6, 6.07) is 0. The fourth-order valence-electron chi connectivity index (χ4n) is 0.203. The van der Waals surface area contributed by atoms with Crippen LogP contribution in [0.1, 0.15) is 51.3 Å². The van der Waals surface area contributed by atoms with Crippen LogP contribution in [0.15, 0.2) is 0 Å². The van der Waals surface area contributed by atoms with E-state index in [0.29, 0.717) is 6.61 Å². The van der Waals surface area contributed by atoms with Crippen LogP contribution in [0.25, 0.3) is 0 Å². The normalized spacial score (nSPS) is 5.38. The third kappa shape index (κ3) is 176. The molecule has 0 unspecified atom stereocenters. The zero-order chi connectivity index (χ0) is 9.70. The van der Waals surface area contributed by atoms with Gasteiger partial charge in [0, 0.05) is 36.3 Å². The average Bonchev–Trinajstić information content (AvgIpc) is 1.93. The Morgan fingerprint density at radius 1 is 1.31 bits per heavy atom. The van der Waals surface area contributed by atoms with Gasteiger partial charge in [0.15, 0.2) is 0 Å². The van der Waals surface area contributed by atoms with E-state index in [1.165, 1.54) is 6.92 Å². The van der Waals surface area contributed by atoms with E-state index in [4.69, 9.17) is 10.2 Å². The fraction of sp³-hybridized carbons (Fsp3) is 0.889. The zero-order valence-corrected chi connectivity index (χ0v) is 7.63. The van der Waals surface area contributed by atoms with Gasteiger partial charge < -0.3 is 14.9 Å². The SMILES string of the molecule is C.C.CCO.CCOC(C)=O.CO.[HH].[HH].[HH].[HH].[HH].[HH].[HH].[HH].[HH].[HH].[HH]. The molecule has 0 aromatic carbocycles. The first kappa shape index (κ1) is 29.4. The van der Waals surface area contributed by atoms with Crippen LogP contribution in [-0.4, -0.2) is 36.5 Å². The van der Waals surface area contributed by atoms with Crippen LogP contribution >= 0.6 is 0 Å². The summed E-state index contributed by atoms with van der Waals surface area (Å²) in [5, 5.41) is 14.6. The summed E-state index contributed by atoms with van der Waals surface area (Å²) in [6.07, 6.45) is 0. The molecule has 0 amide bonds. The topological polar surface area (TPSA) is 66.8 Å².